The van der Waals surface area contributed by atoms with Crippen molar-refractivity contribution in [2.45, 2.75) is 25.8 Å². The number of piperidine rings is 1. The third kappa shape index (κ3) is 3.93. The maximum absolute atomic E-state index is 12.8. The Morgan fingerprint density at radius 1 is 1.10 bits per heavy atom. The fourth-order valence-electron chi connectivity index (χ4n) is 3.96. The Morgan fingerprint density at radius 3 is 2.62 bits per heavy atom. The van der Waals surface area contributed by atoms with E-state index in [9.17, 15) is 14.4 Å². The SMILES string of the molecule is CC1CCNCC1NC(=O)c1ccc2c(c1)C(=O)N(CCc1ccccc1)C2=O. The minimum atomic E-state index is -0.330. The van der Waals surface area contributed by atoms with Crippen molar-refractivity contribution in [2.24, 2.45) is 5.92 Å². The van der Waals surface area contributed by atoms with E-state index in [4.69, 9.17) is 0 Å². The number of nitrogens with one attached hydrogen (secondary N) is 2. The highest BCUT2D eigenvalue weighted by Crippen LogP contribution is 2.24. The molecule has 29 heavy (non-hydrogen) atoms. The smallest absolute Gasteiger partial charge is 0.261 e. The quantitative estimate of drug-likeness (QED) is 0.767. The molecule has 0 spiro atoms. The predicted octanol–water partition coefficient (Wildman–Crippen LogP) is 2.25. The van der Waals surface area contributed by atoms with Gasteiger partial charge in [0, 0.05) is 24.7 Å². The zero-order chi connectivity index (χ0) is 20.4. The first-order chi connectivity index (χ1) is 14.0. The number of fused-ring (bicyclic) bond motifs is 1. The van der Waals surface area contributed by atoms with E-state index in [1.165, 1.54) is 4.90 Å². The first-order valence-corrected chi connectivity index (χ1v) is 10.1. The van der Waals surface area contributed by atoms with Gasteiger partial charge in [-0.05, 0) is 49.1 Å². The summed E-state index contributed by atoms with van der Waals surface area (Å²) in [6.07, 6.45) is 1.62. The van der Waals surface area contributed by atoms with Gasteiger partial charge in [0.25, 0.3) is 17.7 Å². The molecule has 2 aromatic rings. The van der Waals surface area contributed by atoms with Crippen LogP contribution >= 0.6 is 0 Å². The molecule has 2 aromatic carbocycles. The van der Waals surface area contributed by atoms with Crippen LogP contribution < -0.4 is 10.6 Å². The molecule has 0 bridgehead atoms. The lowest BCUT2D eigenvalue weighted by atomic mass is 9.94. The van der Waals surface area contributed by atoms with Gasteiger partial charge in [-0.3, -0.25) is 19.3 Å². The van der Waals surface area contributed by atoms with Crippen LogP contribution in [0.2, 0.25) is 0 Å². The summed E-state index contributed by atoms with van der Waals surface area (Å²) >= 11 is 0. The van der Waals surface area contributed by atoms with Gasteiger partial charge in [-0.25, -0.2) is 0 Å². The maximum Gasteiger partial charge on any atom is 0.261 e. The Bertz CT molecular complexity index is 942. The topological polar surface area (TPSA) is 78.5 Å². The van der Waals surface area contributed by atoms with Crippen LogP contribution in [-0.2, 0) is 6.42 Å². The summed E-state index contributed by atoms with van der Waals surface area (Å²) in [7, 11) is 0. The maximum atomic E-state index is 12.8. The van der Waals surface area contributed by atoms with Gasteiger partial charge in [-0.2, -0.15) is 0 Å². The molecule has 2 aliphatic heterocycles. The van der Waals surface area contributed by atoms with Crippen LogP contribution in [0.3, 0.4) is 0 Å². The Morgan fingerprint density at radius 2 is 1.86 bits per heavy atom. The molecule has 2 aliphatic rings. The molecule has 1 saturated heterocycles. The van der Waals surface area contributed by atoms with Crippen molar-refractivity contribution >= 4 is 17.7 Å². The van der Waals surface area contributed by atoms with E-state index in [-0.39, 0.29) is 23.8 Å². The van der Waals surface area contributed by atoms with Gasteiger partial charge in [-0.1, -0.05) is 37.3 Å². The van der Waals surface area contributed by atoms with Crippen LogP contribution in [-0.4, -0.2) is 48.3 Å². The third-order valence-corrected chi connectivity index (χ3v) is 5.84. The Kier molecular flexibility index (Phi) is 5.45. The van der Waals surface area contributed by atoms with Crippen molar-refractivity contribution < 1.29 is 14.4 Å². The van der Waals surface area contributed by atoms with E-state index in [1.54, 1.807) is 18.2 Å². The number of hydrogen-bond donors (Lipinski definition) is 2. The summed E-state index contributed by atoms with van der Waals surface area (Å²) in [5.74, 6) is -0.441. The summed E-state index contributed by atoms with van der Waals surface area (Å²) in [5.41, 5.74) is 2.16. The summed E-state index contributed by atoms with van der Waals surface area (Å²) in [5, 5.41) is 6.34. The average Bonchev–Trinajstić information content (AvgIpc) is 2.98. The largest absolute Gasteiger partial charge is 0.348 e. The van der Waals surface area contributed by atoms with Crippen LogP contribution in [0.1, 0.15) is 50.0 Å². The highest BCUT2D eigenvalue weighted by Gasteiger charge is 2.36. The molecule has 150 valence electrons. The molecule has 6 heteroatoms. The number of hydrogen-bond acceptors (Lipinski definition) is 4. The summed E-state index contributed by atoms with van der Waals surface area (Å²) in [6.45, 7) is 4.15. The fourth-order valence-corrected chi connectivity index (χ4v) is 3.96. The second-order valence-electron chi connectivity index (χ2n) is 7.81. The van der Waals surface area contributed by atoms with Gasteiger partial charge >= 0.3 is 0 Å². The highest BCUT2D eigenvalue weighted by molar-refractivity contribution is 6.22. The lowest BCUT2D eigenvalue weighted by Gasteiger charge is -2.30. The normalized spacial score (nSPS) is 21.2. The molecular formula is C23H25N3O3. The minimum absolute atomic E-state index is 0.0595. The first kappa shape index (κ1) is 19.3. The van der Waals surface area contributed by atoms with Crippen LogP contribution in [0, 0.1) is 5.92 Å². The Hall–Kier alpha value is -2.99. The zero-order valence-electron chi connectivity index (χ0n) is 16.5. The molecule has 2 atom stereocenters. The molecule has 0 radical (unpaired) electrons. The van der Waals surface area contributed by atoms with E-state index < -0.39 is 0 Å². The van der Waals surface area contributed by atoms with Crippen molar-refractivity contribution in [2.75, 3.05) is 19.6 Å². The molecule has 1 fully saturated rings. The fraction of sp³-hybridized carbons (Fsp3) is 0.348. The number of nitrogens with zero attached hydrogens (tertiary/aromatic N) is 1. The van der Waals surface area contributed by atoms with Crippen molar-refractivity contribution in [3.8, 4) is 0 Å². The molecule has 4 rings (SSSR count). The van der Waals surface area contributed by atoms with Crippen molar-refractivity contribution in [3.05, 3.63) is 70.8 Å². The second kappa shape index (κ2) is 8.17. The Balaban J connectivity index is 1.47. The number of benzene rings is 2. The lowest BCUT2D eigenvalue weighted by Crippen LogP contribution is -2.50. The Labute approximate surface area is 170 Å². The van der Waals surface area contributed by atoms with Gasteiger partial charge in [0.1, 0.15) is 0 Å². The summed E-state index contributed by atoms with van der Waals surface area (Å²) < 4.78 is 0. The molecule has 0 saturated carbocycles. The predicted molar refractivity (Wildman–Crippen MR) is 110 cm³/mol. The van der Waals surface area contributed by atoms with E-state index in [1.807, 2.05) is 30.3 Å². The number of carbonyl (C=O) groups is 3. The number of imide groups is 1. The van der Waals surface area contributed by atoms with Gasteiger partial charge < -0.3 is 10.6 Å². The van der Waals surface area contributed by atoms with Crippen molar-refractivity contribution in [1.29, 1.82) is 0 Å². The lowest BCUT2D eigenvalue weighted by molar-refractivity contribution is 0.0656. The minimum Gasteiger partial charge on any atom is -0.348 e. The van der Waals surface area contributed by atoms with Crippen LogP contribution in [0.25, 0.3) is 0 Å². The van der Waals surface area contributed by atoms with Crippen LogP contribution in [0.4, 0.5) is 0 Å². The van der Waals surface area contributed by atoms with E-state index >= 15 is 0 Å². The molecule has 0 aliphatic carbocycles. The van der Waals surface area contributed by atoms with E-state index in [0.717, 1.165) is 25.1 Å². The van der Waals surface area contributed by atoms with Gasteiger partial charge in [0.15, 0.2) is 0 Å². The van der Waals surface area contributed by atoms with Crippen molar-refractivity contribution in [1.82, 2.24) is 15.5 Å². The van der Waals surface area contributed by atoms with Gasteiger partial charge in [0.2, 0.25) is 0 Å². The summed E-state index contributed by atoms with van der Waals surface area (Å²) in [4.78, 5) is 39.4. The third-order valence-electron chi connectivity index (χ3n) is 5.84. The molecule has 2 N–H and O–H groups in total. The first-order valence-electron chi connectivity index (χ1n) is 10.1. The molecule has 0 aromatic heterocycles. The number of amides is 3. The molecule has 2 unspecified atom stereocenters. The van der Waals surface area contributed by atoms with Crippen LogP contribution in [0.5, 0.6) is 0 Å². The van der Waals surface area contributed by atoms with Gasteiger partial charge in [-0.15, -0.1) is 0 Å². The summed E-state index contributed by atoms with van der Waals surface area (Å²) in [6, 6.07) is 14.6. The van der Waals surface area contributed by atoms with Gasteiger partial charge in [0.05, 0.1) is 11.1 Å². The molecular weight excluding hydrogens is 366 g/mol. The van der Waals surface area contributed by atoms with E-state index in [2.05, 4.69) is 17.6 Å². The standard InChI is InChI=1S/C23H25N3O3/c1-15-9-11-24-14-20(15)25-21(27)17-7-8-18-19(13-17)23(29)26(22(18)28)12-10-16-5-3-2-4-6-16/h2-8,13,15,20,24H,9-12,14H2,1H3,(H,25,27). The van der Waals surface area contributed by atoms with Crippen LogP contribution in [0.15, 0.2) is 48.5 Å². The average molecular weight is 391 g/mol. The van der Waals surface area contributed by atoms with E-state index in [0.29, 0.717) is 35.6 Å². The zero-order valence-corrected chi connectivity index (χ0v) is 16.5. The molecule has 2 heterocycles. The number of carbonyl (C=O) groups excluding carboxylic acids is 3. The van der Waals surface area contributed by atoms with Crippen molar-refractivity contribution in [3.63, 3.8) is 0 Å². The molecule has 6 nitrogen and oxygen atoms in total. The highest BCUT2D eigenvalue weighted by atomic mass is 16.2. The monoisotopic (exact) mass is 391 g/mol. The molecule has 3 amide bonds. The second-order valence-corrected chi connectivity index (χ2v) is 7.81. The number of rotatable bonds is 5.